The summed E-state index contributed by atoms with van der Waals surface area (Å²) >= 11 is 0. The molecule has 1 aliphatic heterocycles. The highest BCUT2D eigenvalue weighted by Gasteiger charge is 2.30. The fourth-order valence-corrected chi connectivity index (χ4v) is 1.69. The predicted molar refractivity (Wildman–Crippen MR) is 62.9 cm³/mol. The number of hydrogen-bond acceptors (Lipinski definition) is 3. The first-order valence-electron chi connectivity index (χ1n) is 5.57. The van der Waals surface area contributed by atoms with Crippen molar-refractivity contribution >= 4 is 11.9 Å². The topological polar surface area (TPSA) is 53.5 Å². The molecule has 0 saturated carbocycles. The Bertz CT molecular complexity index is 514. The SMILES string of the molecule is CC(C)NC1=NC(c2cc(F)ccc2F)C(=O)N1. The Balaban J connectivity index is 2.30. The quantitative estimate of drug-likeness (QED) is 0.839. The Hall–Kier alpha value is -1.98. The Morgan fingerprint density at radius 3 is 2.78 bits per heavy atom. The van der Waals surface area contributed by atoms with E-state index in [1.807, 2.05) is 13.8 Å². The van der Waals surface area contributed by atoms with Gasteiger partial charge in [0.25, 0.3) is 5.91 Å². The molecule has 6 heteroatoms. The molecular weight excluding hydrogens is 240 g/mol. The molecule has 0 spiro atoms. The number of halogens is 2. The van der Waals surface area contributed by atoms with Crippen LogP contribution < -0.4 is 10.6 Å². The lowest BCUT2D eigenvalue weighted by molar-refractivity contribution is -0.120. The van der Waals surface area contributed by atoms with Crippen LogP contribution in [0.15, 0.2) is 23.2 Å². The maximum atomic E-state index is 13.5. The number of rotatable bonds is 2. The van der Waals surface area contributed by atoms with Crippen molar-refractivity contribution in [3.63, 3.8) is 0 Å². The van der Waals surface area contributed by atoms with Gasteiger partial charge in [-0.15, -0.1) is 0 Å². The van der Waals surface area contributed by atoms with E-state index in [2.05, 4.69) is 15.6 Å². The van der Waals surface area contributed by atoms with Gasteiger partial charge < -0.3 is 5.32 Å². The number of amides is 1. The number of benzene rings is 1. The summed E-state index contributed by atoms with van der Waals surface area (Å²) in [7, 11) is 0. The zero-order valence-electron chi connectivity index (χ0n) is 10.00. The molecule has 1 unspecified atom stereocenters. The number of nitrogens with zero attached hydrogens (tertiary/aromatic N) is 1. The molecule has 18 heavy (non-hydrogen) atoms. The minimum absolute atomic E-state index is 0.0620. The van der Waals surface area contributed by atoms with E-state index in [1.54, 1.807) is 0 Å². The molecule has 0 radical (unpaired) electrons. The van der Waals surface area contributed by atoms with Gasteiger partial charge >= 0.3 is 0 Å². The summed E-state index contributed by atoms with van der Waals surface area (Å²) in [4.78, 5) is 15.7. The lowest BCUT2D eigenvalue weighted by Crippen LogP contribution is -2.40. The van der Waals surface area contributed by atoms with Gasteiger partial charge in [0, 0.05) is 11.6 Å². The molecule has 1 atom stereocenters. The number of nitrogens with one attached hydrogen (secondary N) is 2. The molecule has 1 aromatic carbocycles. The van der Waals surface area contributed by atoms with Crippen LogP contribution in [-0.4, -0.2) is 17.9 Å². The van der Waals surface area contributed by atoms with Crippen LogP contribution in [0.3, 0.4) is 0 Å². The lowest BCUT2D eigenvalue weighted by Gasteiger charge is -2.07. The van der Waals surface area contributed by atoms with Gasteiger partial charge in [-0.25, -0.2) is 13.8 Å². The van der Waals surface area contributed by atoms with Gasteiger partial charge in [0.2, 0.25) is 0 Å². The lowest BCUT2D eigenvalue weighted by atomic mass is 10.1. The maximum absolute atomic E-state index is 13.5. The van der Waals surface area contributed by atoms with Gasteiger partial charge in [-0.2, -0.15) is 0 Å². The second-order valence-electron chi connectivity index (χ2n) is 4.33. The molecule has 2 N–H and O–H groups in total. The molecule has 2 rings (SSSR count). The van der Waals surface area contributed by atoms with Gasteiger partial charge in [0.15, 0.2) is 12.0 Å². The van der Waals surface area contributed by atoms with Crippen molar-refractivity contribution in [1.82, 2.24) is 10.6 Å². The molecule has 4 nitrogen and oxygen atoms in total. The van der Waals surface area contributed by atoms with Crippen molar-refractivity contribution in [2.75, 3.05) is 0 Å². The van der Waals surface area contributed by atoms with Crippen molar-refractivity contribution in [3.8, 4) is 0 Å². The molecule has 1 aromatic rings. The molecule has 0 aromatic heterocycles. The smallest absolute Gasteiger partial charge is 0.256 e. The van der Waals surface area contributed by atoms with Crippen molar-refractivity contribution in [1.29, 1.82) is 0 Å². The first-order chi connectivity index (χ1) is 8.47. The van der Waals surface area contributed by atoms with Crippen LogP contribution in [0.25, 0.3) is 0 Å². The Morgan fingerprint density at radius 1 is 1.39 bits per heavy atom. The number of aliphatic imine (C=N–C) groups is 1. The van der Waals surface area contributed by atoms with Crippen molar-refractivity contribution in [2.24, 2.45) is 4.99 Å². The van der Waals surface area contributed by atoms with Crippen molar-refractivity contribution in [3.05, 3.63) is 35.4 Å². The molecule has 1 amide bonds. The molecule has 1 heterocycles. The van der Waals surface area contributed by atoms with E-state index in [9.17, 15) is 13.6 Å². The highest BCUT2D eigenvalue weighted by Crippen LogP contribution is 2.24. The highest BCUT2D eigenvalue weighted by molar-refractivity contribution is 6.05. The molecule has 0 bridgehead atoms. The fraction of sp³-hybridized carbons (Fsp3) is 0.333. The van der Waals surface area contributed by atoms with E-state index in [-0.39, 0.29) is 17.6 Å². The summed E-state index contributed by atoms with van der Waals surface area (Å²) in [5, 5.41) is 5.40. The van der Waals surface area contributed by atoms with Crippen LogP contribution in [0.5, 0.6) is 0 Å². The largest absolute Gasteiger partial charge is 0.354 e. The zero-order chi connectivity index (χ0) is 13.3. The minimum Gasteiger partial charge on any atom is -0.354 e. The first-order valence-corrected chi connectivity index (χ1v) is 5.57. The summed E-state index contributed by atoms with van der Waals surface area (Å²) < 4.78 is 26.6. The molecule has 0 saturated heterocycles. The number of carbonyl (C=O) groups excluding carboxylic acids is 1. The third-order valence-corrected chi connectivity index (χ3v) is 2.43. The molecule has 0 aliphatic carbocycles. The Kier molecular flexibility index (Phi) is 3.27. The van der Waals surface area contributed by atoms with Gasteiger partial charge in [-0.3, -0.25) is 10.1 Å². The van der Waals surface area contributed by atoms with E-state index in [0.29, 0.717) is 0 Å². The minimum atomic E-state index is -1.04. The van der Waals surface area contributed by atoms with Gasteiger partial charge in [-0.1, -0.05) is 0 Å². The molecule has 96 valence electrons. The van der Waals surface area contributed by atoms with E-state index >= 15 is 0 Å². The van der Waals surface area contributed by atoms with Crippen molar-refractivity contribution < 1.29 is 13.6 Å². The van der Waals surface area contributed by atoms with Gasteiger partial charge in [0.1, 0.15) is 11.6 Å². The second-order valence-corrected chi connectivity index (χ2v) is 4.33. The Morgan fingerprint density at radius 2 is 2.11 bits per heavy atom. The van der Waals surface area contributed by atoms with Crippen LogP contribution >= 0.6 is 0 Å². The third-order valence-electron chi connectivity index (χ3n) is 2.43. The fourth-order valence-electron chi connectivity index (χ4n) is 1.69. The van der Waals surface area contributed by atoms with Crippen LogP contribution in [0.4, 0.5) is 8.78 Å². The van der Waals surface area contributed by atoms with Gasteiger partial charge in [-0.05, 0) is 32.0 Å². The van der Waals surface area contributed by atoms with Crippen LogP contribution in [0, 0.1) is 11.6 Å². The van der Waals surface area contributed by atoms with Crippen LogP contribution in [0.2, 0.25) is 0 Å². The summed E-state index contributed by atoms with van der Waals surface area (Å²) in [5.74, 6) is -1.43. The molecule has 1 aliphatic rings. The van der Waals surface area contributed by atoms with E-state index in [0.717, 1.165) is 18.2 Å². The van der Waals surface area contributed by atoms with Crippen molar-refractivity contribution in [2.45, 2.75) is 25.9 Å². The monoisotopic (exact) mass is 253 g/mol. The number of hydrogen-bond donors (Lipinski definition) is 2. The molecular formula is C12H13F2N3O. The number of carbonyl (C=O) groups is 1. The van der Waals surface area contributed by atoms with Crippen LogP contribution in [0.1, 0.15) is 25.5 Å². The Labute approximate surface area is 103 Å². The summed E-state index contributed by atoms with van der Waals surface area (Å²) in [6.45, 7) is 3.76. The van der Waals surface area contributed by atoms with E-state index in [4.69, 9.17) is 0 Å². The average Bonchev–Trinajstić information content (AvgIpc) is 2.62. The standard InChI is InChI=1S/C12H13F2N3O/c1-6(2)15-12-16-10(11(18)17-12)8-5-7(13)3-4-9(8)14/h3-6,10H,1-2H3,(H2,15,16,17,18). The maximum Gasteiger partial charge on any atom is 0.256 e. The van der Waals surface area contributed by atoms with E-state index < -0.39 is 23.6 Å². The number of guanidine groups is 1. The summed E-state index contributed by atoms with van der Waals surface area (Å²) in [5.41, 5.74) is -0.0620. The first kappa shape index (κ1) is 12.5. The van der Waals surface area contributed by atoms with E-state index in [1.165, 1.54) is 0 Å². The average molecular weight is 253 g/mol. The summed E-state index contributed by atoms with van der Waals surface area (Å²) in [6.07, 6.45) is 0. The predicted octanol–water partition coefficient (Wildman–Crippen LogP) is 1.49. The summed E-state index contributed by atoms with van der Waals surface area (Å²) in [6, 6.07) is 2.02. The van der Waals surface area contributed by atoms with Gasteiger partial charge in [0.05, 0.1) is 0 Å². The molecule has 0 fully saturated rings. The zero-order valence-corrected chi connectivity index (χ0v) is 10.00. The normalized spacial score (nSPS) is 18.8. The highest BCUT2D eigenvalue weighted by atomic mass is 19.1. The third kappa shape index (κ3) is 2.47. The van der Waals surface area contributed by atoms with Crippen LogP contribution in [-0.2, 0) is 4.79 Å². The second kappa shape index (κ2) is 4.72.